The van der Waals surface area contributed by atoms with Gasteiger partial charge in [-0.1, -0.05) is 140 Å². The van der Waals surface area contributed by atoms with Crippen LogP contribution in [0, 0.1) is 0 Å². The fraction of sp³-hybridized carbons (Fsp3) is 0. The Kier molecular flexibility index (Phi) is 6.75. The van der Waals surface area contributed by atoms with Gasteiger partial charge in [0.1, 0.15) is 0 Å². The van der Waals surface area contributed by atoms with Crippen molar-refractivity contribution in [3.63, 3.8) is 0 Å². The minimum absolute atomic E-state index is 1.12. The summed E-state index contributed by atoms with van der Waals surface area (Å²) in [5, 5.41) is 10.4. The number of rotatable bonds is 5. The lowest BCUT2D eigenvalue weighted by Gasteiger charge is -2.26. The maximum atomic E-state index is 2.37. The second-order valence-electron chi connectivity index (χ2n) is 12.9. The van der Waals surface area contributed by atoms with Gasteiger partial charge in [-0.3, -0.25) is 0 Å². The molecule has 0 saturated heterocycles. The van der Waals surface area contributed by atoms with E-state index in [-0.39, 0.29) is 0 Å². The summed E-state index contributed by atoms with van der Waals surface area (Å²) in [7, 11) is 0. The Bertz CT molecular complexity index is 2860. The van der Waals surface area contributed by atoms with Crippen molar-refractivity contribution in [3.05, 3.63) is 188 Å². The molecule has 0 aliphatic carbocycles. The molecular formula is C48H31NS. The molecule has 2 heteroatoms. The first-order valence-electron chi connectivity index (χ1n) is 17.1. The molecule has 0 radical (unpaired) electrons. The Balaban J connectivity index is 1.07. The van der Waals surface area contributed by atoms with Crippen molar-refractivity contribution >= 4 is 80.9 Å². The molecule has 234 valence electrons. The van der Waals surface area contributed by atoms with Gasteiger partial charge in [-0.2, -0.15) is 0 Å². The van der Waals surface area contributed by atoms with Crippen LogP contribution in [-0.4, -0.2) is 0 Å². The molecule has 0 aliphatic heterocycles. The smallest absolute Gasteiger partial charge is 0.0467 e. The number of hydrogen-bond donors (Lipinski definition) is 0. The molecule has 0 aliphatic rings. The molecule has 10 rings (SSSR count). The standard InChI is InChI=1S/C48H31NS/c1-2-12-38(13-3-1)49(40-14-8-11-37(30-40)42-17-9-18-44-43-16-6-7-19-46(43)50-48(42)44)39-28-26-32(27-29-39)36-25-22-34-21-24-35-23-20-33-10-4-5-15-41(33)47(35)45(34)31-36/h1-31H. The van der Waals surface area contributed by atoms with E-state index in [1.165, 1.54) is 74.7 Å². The number of benzene rings is 9. The highest BCUT2D eigenvalue weighted by molar-refractivity contribution is 7.26. The van der Waals surface area contributed by atoms with E-state index < -0.39 is 0 Å². The lowest BCUT2D eigenvalue weighted by Crippen LogP contribution is -2.09. The number of anilines is 3. The number of hydrogen-bond acceptors (Lipinski definition) is 2. The van der Waals surface area contributed by atoms with E-state index in [0.29, 0.717) is 0 Å². The SMILES string of the molecule is c1ccc(N(c2ccc(-c3ccc4ccc5ccc6ccccc6c5c4c3)cc2)c2cccc(-c3cccc4c3sc3ccccc34)c2)cc1. The summed E-state index contributed by atoms with van der Waals surface area (Å²) in [5.41, 5.74) is 8.28. The number of fused-ring (bicyclic) bond motifs is 8. The van der Waals surface area contributed by atoms with E-state index >= 15 is 0 Å². The molecule has 0 amide bonds. The van der Waals surface area contributed by atoms with Crippen LogP contribution in [0.15, 0.2) is 188 Å². The molecule has 0 unspecified atom stereocenters. The lowest BCUT2D eigenvalue weighted by atomic mass is 9.94. The number of nitrogens with zero attached hydrogens (tertiary/aromatic N) is 1. The Morgan fingerprint density at radius 2 is 0.960 bits per heavy atom. The summed E-state index contributed by atoms with van der Waals surface area (Å²) in [5.74, 6) is 0. The van der Waals surface area contributed by atoms with E-state index in [9.17, 15) is 0 Å². The van der Waals surface area contributed by atoms with Crippen LogP contribution >= 0.6 is 11.3 Å². The zero-order valence-electron chi connectivity index (χ0n) is 27.3. The predicted octanol–water partition coefficient (Wildman–Crippen LogP) is 14.3. The molecule has 50 heavy (non-hydrogen) atoms. The van der Waals surface area contributed by atoms with Crippen LogP contribution in [0.5, 0.6) is 0 Å². The predicted molar refractivity (Wildman–Crippen MR) is 217 cm³/mol. The summed E-state index contributed by atoms with van der Waals surface area (Å²) >= 11 is 1.88. The molecule has 0 fully saturated rings. The van der Waals surface area contributed by atoms with Gasteiger partial charge in [-0.25, -0.2) is 0 Å². The third-order valence-electron chi connectivity index (χ3n) is 10.0. The molecule has 1 aromatic heterocycles. The molecule has 1 heterocycles. The molecule has 0 N–H and O–H groups in total. The average Bonchev–Trinajstić information content (AvgIpc) is 3.57. The van der Waals surface area contributed by atoms with Gasteiger partial charge in [0.25, 0.3) is 0 Å². The van der Waals surface area contributed by atoms with Gasteiger partial charge >= 0.3 is 0 Å². The molecule has 1 nitrogen and oxygen atoms in total. The summed E-state index contributed by atoms with van der Waals surface area (Å²) in [6.07, 6.45) is 0. The van der Waals surface area contributed by atoms with Crippen molar-refractivity contribution in [1.82, 2.24) is 0 Å². The normalized spacial score (nSPS) is 11.6. The van der Waals surface area contributed by atoms with Crippen LogP contribution < -0.4 is 4.90 Å². The third kappa shape index (κ3) is 4.76. The molecule has 0 spiro atoms. The zero-order valence-corrected chi connectivity index (χ0v) is 28.1. The summed E-state index contributed by atoms with van der Waals surface area (Å²) in [6, 6.07) is 68.6. The van der Waals surface area contributed by atoms with Crippen molar-refractivity contribution < 1.29 is 0 Å². The number of thiophene rings is 1. The Morgan fingerprint density at radius 1 is 0.340 bits per heavy atom. The van der Waals surface area contributed by atoms with Crippen molar-refractivity contribution in [2.75, 3.05) is 4.90 Å². The van der Waals surface area contributed by atoms with Crippen molar-refractivity contribution in [2.24, 2.45) is 0 Å². The quantitative estimate of drug-likeness (QED) is 0.167. The Hall–Kier alpha value is -6.22. The van der Waals surface area contributed by atoms with Crippen LogP contribution in [0.25, 0.3) is 74.7 Å². The topological polar surface area (TPSA) is 3.24 Å². The minimum Gasteiger partial charge on any atom is -0.310 e. The maximum absolute atomic E-state index is 2.37. The second-order valence-corrected chi connectivity index (χ2v) is 14.0. The third-order valence-corrected chi connectivity index (χ3v) is 11.2. The summed E-state index contributed by atoms with van der Waals surface area (Å²) < 4.78 is 2.66. The van der Waals surface area contributed by atoms with E-state index in [2.05, 4.69) is 193 Å². The molecule has 9 aromatic carbocycles. The van der Waals surface area contributed by atoms with Crippen LogP contribution in [0.4, 0.5) is 17.1 Å². The summed E-state index contributed by atoms with van der Waals surface area (Å²) in [4.78, 5) is 2.36. The van der Waals surface area contributed by atoms with Crippen LogP contribution in [0.3, 0.4) is 0 Å². The average molecular weight is 654 g/mol. The second kappa shape index (κ2) is 11.7. The van der Waals surface area contributed by atoms with Crippen molar-refractivity contribution in [3.8, 4) is 22.3 Å². The highest BCUT2D eigenvalue weighted by atomic mass is 32.1. The first kappa shape index (κ1) is 28.8. The van der Waals surface area contributed by atoms with E-state index in [1.54, 1.807) is 0 Å². The van der Waals surface area contributed by atoms with Gasteiger partial charge in [-0.05, 0) is 103 Å². The Labute approximate surface area is 294 Å². The first-order valence-corrected chi connectivity index (χ1v) is 17.9. The van der Waals surface area contributed by atoms with E-state index in [0.717, 1.165) is 17.1 Å². The molecule has 0 bridgehead atoms. The molecule has 0 saturated carbocycles. The Morgan fingerprint density at radius 3 is 1.82 bits per heavy atom. The fourth-order valence-corrected chi connectivity index (χ4v) is 8.86. The van der Waals surface area contributed by atoms with Gasteiger partial charge < -0.3 is 4.90 Å². The van der Waals surface area contributed by atoms with Crippen LogP contribution in [-0.2, 0) is 0 Å². The maximum Gasteiger partial charge on any atom is 0.0467 e. The van der Waals surface area contributed by atoms with Gasteiger partial charge in [0.05, 0.1) is 0 Å². The first-order chi connectivity index (χ1) is 24.8. The number of para-hydroxylation sites is 1. The van der Waals surface area contributed by atoms with Crippen LogP contribution in [0.2, 0.25) is 0 Å². The highest BCUT2D eigenvalue weighted by Crippen LogP contribution is 2.43. The van der Waals surface area contributed by atoms with Crippen molar-refractivity contribution in [1.29, 1.82) is 0 Å². The zero-order chi connectivity index (χ0) is 33.0. The minimum atomic E-state index is 1.12. The van der Waals surface area contributed by atoms with Gasteiger partial charge in [-0.15, -0.1) is 11.3 Å². The fourth-order valence-electron chi connectivity index (χ4n) is 7.62. The van der Waals surface area contributed by atoms with Gasteiger partial charge in [0.15, 0.2) is 0 Å². The molecule has 10 aromatic rings. The van der Waals surface area contributed by atoms with E-state index in [1.807, 2.05) is 11.3 Å². The highest BCUT2D eigenvalue weighted by Gasteiger charge is 2.16. The molecule has 0 atom stereocenters. The monoisotopic (exact) mass is 653 g/mol. The largest absolute Gasteiger partial charge is 0.310 e. The van der Waals surface area contributed by atoms with Crippen LogP contribution in [0.1, 0.15) is 0 Å². The van der Waals surface area contributed by atoms with Crippen molar-refractivity contribution in [2.45, 2.75) is 0 Å². The lowest BCUT2D eigenvalue weighted by molar-refractivity contribution is 1.28. The van der Waals surface area contributed by atoms with E-state index in [4.69, 9.17) is 0 Å². The summed E-state index contributed by atoms with van der Waals surface area (Å²) in [6.45, 7) is 0. The van der Waals surface area contributed by atoms with Gasteiger partial charge in [0.2, 0.25) is 0 Å². The molecular weight excluding hydrogens is 623 g/mol. The van der Waals surface area contributed by atoms with Gasteiger partial charge in [0, 0.05) is 37.2 Å².